The predicted molar refractivity (Wildman–Crippen MR) is 127 cm³/mol. The van der Waals surface area contributed by atoms with Crippen molar-refractivity contribution in [3.05, 3.63) is 89.2 Å². The first-order valence-corrected chi connectivity index (χ1v) is 10.2. The third-order valence-electron chi connectivity index (χ3n) is 4.87. The summed E-state index contributed by atoms with van der Waals surface area (Å²) in [5.41, 5.74) is 3.00. The molecular weight excluding hydrogens is 426 g/mol. The summed E-state index contributed by atoms with van der Waals surface area (Å²) in [6.45, 7) is 0. The number of carbonyl (C=O) groups is 1. The van der Waals surface area contributed by atoms with Crippen molar-refractivity contribution >= 4 is 45.9 Å². The lowest BCUT2D eigenvalue weighted by molar-refractivity contribution is 0.104. The number of hydrogen-bond donors (Lipinski definition) is 1. The maximum absolute atomic E-state index is 12.5. The fraction of sp³-hybridized carbons (Fsp3) is 0.0800. The van der Waals surface area contributed by atoms with Crippen LogP contribution >= 0.6 is 11.6 Å². The molecule has 1 aromatic heterocycles. The Hall–Kier alpha value is -3.90. The Labute approximate surface area is 190 Å². The molecular formula is C25H20ClN3O3. The quantitative estimate of drug-likeness (QED) is 0.280. The van der Waals surface area contributed by atoms with Crippen molar-refractivity contribution < 1.29 is 14.3 Å². The maximum Gasteiger partial charge on any atom is 0.185 e. The molecule has 6 nitrogen and oxygen atoms in total. The van der Waals surface area contributed by atoms with E-state index in [-0.39, 0.29) is 5.78 Å². The van der Waals surface area contributed by atoms with E-state index in [0.717, 1.165) is 22.2 Å². The summed E-state index contributed by atoms with van der Waals surface area (Å²) in [5.74, 6) is 1.72. The predicted octanol–water partition coefficient (Wildman–Crippen LogP) is 5.94. The number of benzene rings is 3. The van der Waals surface area contributed by atoms with Crippen molar-refractivity contribution in [3.8, 4) is 11.5 Å². The van der Waals surface area contributed by atoms with Gasteiger partial charge >= 0.3 is 0 Å². The van der Waals surface area contributed by atoms with Gasteiger partial charge in [0.2, 0.25) is 0 Å². The van der Waals surface area contributed by atoms with Crippen LogP contribution in [0.25, 0.3) is 17.0 Å². The number of allylic oxidation sites excluding steroid dienone is 1. The van der Waals surface area contributed by atoms with Crippen LogP contribution in [0, 0.1) is 0 Å². The molecule has 0 saturated carbocycles. The van der Waals surface area contributed by atoms with E-state index in [0.29, 0.717) is 27.9 Å². The van der Waals surface area contributed by atoms with Crippen LogP contribution in [0.1, 0.15) is 15.9 Å². The fourth-order valence-electron chi connectivity index (χ4n) is 3.18. The normalized spacial score (nSPS) is 11.0. The molecule has 32 heavy (non-hydrogen) atoms. The van der Waals surface area contributed by atoms with E-state index in [1.54, 1.807) is 56.7 Å². The topological polar surface area (TPSA) is 73.3 Å². The molecule has 0 bridgehead atoms. The average Bonchev–Trinajstić information content (AvgIpc) is 2.83. The molecule has 160 valence electrons. The molecule has 0 atom stereocenters. The lowest BCUT2D eigenvalue weighted by Gasteiger charge is -2.12. The Bertz CT molecular complexity index is 1290. The molecule has 0 radical (unpaired) electrons. The second kappa shape index (κ2) is 9.49. The number of nitrogens with zero attached hydrogens (tertiary/aromatic N) is 2. The molecule has 0 aliphatic heterocycles. The van der Waals surface area contributed by atoms with Gasteiger partial charge < -0.3 is 14.8 Å². The molecule has 1 heterocycles. The third-order valence-corrected chi connectivity index (χ3v) is 5.12. The number of nitrogens with one attached hydrogen (secondary N) is 1. The van der Waals surface area contributed by atoms with E-state index >= 15 is 0 Å². The van der Waals surface area contributed by atoms with E-state index in [4.69, 9.17) is 21.1 Å². The van der Waals surface area contributed by atoms with Gasteiger partial charge in [0.05, 0.1) is 19.7 Å². The van der Waals surface area contributed by atoms with Crippen LogP contribution < -0.4 is 14.8 Å². The van der Waals surface area contributed by atoms with Gasteiger partial charge in [0.15, 0.2) is 17.3 Å². The van der Waals surface area contributed by atoms with E-state index in [9.17, 15) is 4.79 Å². The number of methoxy groups -OCH3 is 2. The monoisotopic (exact) mass is 445 g/mol. The Balaban J connectivity index is 1.53. The molecule has 4 rings (SSSR count). The molecule has 0 unspecified atom stereocenters. The second-order valence-corrected chi connectivity index (χ2v) is 7.33. The van der Waals surface area contributed by atoms with E-state index < -0.39 is 0 Å². The molecule has 0 aliphatic carbocycles. The zero-order valence-electron chi connectivity index (χ0n) is 17.5. The van der Waals surface area contributed by atoms with Crippen molar-refractivity contribution in [2.24, 2.45) is 0 Å². The second-order valence-electron chi connectivity index (χ2n) is 6.90. The molecule has 0 fully saturated rings. The number of rotatable bonds is 7. The van der Waals surface area contributed by atoms with Gasteiger partial charge in [-0.2, -0.15) is 0 Å². The summed E-state index contributed by atoms with van der Waals surface area (Å²) < 4.78 is 10.7. The first kappa shape index (κ1) is 21.3. The van der Waals surface area contributed by atoms with E-state index in [1.165, 1.54) is 6.33 Å². The van der Waals surface area contributed by atoms with Crippen molar-refractivity contribution in [1.82, 2.24) is 9.97 Å². The van der Waals surface area contributed by atoms with Gasteiger partial charge in [-0.05, 0) is 54.1 Å². The number of ketones is 1. The lowest BCUT2D eigenvalue weighted by atomic mass is 10.1. The highest BCUT2D eigenvalue weighted by Gasteiger charge is 2.11. The van der Waals surface area contributed by atoms with Gasteiger partial charge in [-0.1, -0.05) is 29.8 Å². The fourth-order valence-corrected chi connectivity index (χ4v) is 3.31. The Kier molecular flexibility index (Phi) is 6.33. The molecule has 7 heteroatoms. The van der Waals surface area contributed by atoms with Gasteiger partial charge in [-0.3, -0.25) is 4.79 Å². The average molecular weight is 446 g/mol. The van der Waals surface area contributed by atoms with Gasteiger partial charge in [-0.15, -0.1) is 0 Å². The van der Waals surface area contributed by atoms with Crippen LogP contribution in [0.2, 0.25) is 5.02 Å². The largest absolute Gasteiger partial charge is 0.493 e. The number of halogens is 1. The van der Waals surface area contributed by atoms with Crippen molar-refractivity contribution in [2.45, 2.75) is 0 Å². The number of anilines is 2. The summed E-state index contributed by atoms with van der Waals surface area (Å²) in [6.07, 6.45) is 4.79. The Morgan fingerprint density at radius 2 is 1.62 bits per heavy atom. The first-order chi connectivity index (χ1) is 15.6. The summed E-state index contributed by atoms with van der Waals surface area (Å²) in [5, 5.41) is 4.72. The zero-order valence-corrected chi connectivity index (χ0v) is 18.3. The van der Waals surface area contributed by atoms with Gasteiger partial charge in [0, 0.05) is 27.7 Å². The maximum atomic E-state index is 12.5. The van der Waals surface area contributed by atoms with Gasteiger partial charge in [0.25, 0.3) is 0 Å². The molecule has 0 spiro atoms. The molecule has 3 aromatic carbocycles. The molecule has 0 aliphatic rings. The van der Waals surface area contributed by atoms with E-state index in [1.807, 2.05) is 30.3 Å². The summed E-state index contributed by atoms with van der Waals surface area (Å²) >= 11 is 5.89. The van der Waals surface area contributed by atoms with Gasteiger partial charge in [-0.25, -0.2) is 9.97 Å². The lowest BCUT2D eigenvalue weighted by Crippen LogP contribution is -1.99. The van der Waals surface area contributed by atoms with Crippen LogP contribution in [-0.4, -0.2) is 30.0 Å². The summed E-state index contributed by atoms with van der Waals surface area (Å²) in [7, 11) is 3.16. The zero-order chi connectivity index (χ0) is 22.5. The summed E-state index contributed by atoms with van der Waals surface area (Å²) in [4.78, 5) is 21.1. The number of ether oxygens (including phenoxy) is 2. The molecule has 4 aromatic rings. The van der Waals surface area contributed by atoms with Crippen LogP contribution in [0.5, 0.6) is 11.5 Å². The Morgan fingerprint density at radius 3 is 2.31 bits per heavy atom. The van der Waals surface area contributed by atoms with Crippen LogP contribution in [0.4, 0.5) is 11.5 Å². The molecule has 0 amide bonds. The van der Waals surface area contributed by atoms with Crippen LogP contribution in [0.15, 0.2) is 73.1 Å². The van der Waals surface area contributed by atoms with E-state index in [2.05, 4.69) is 15.3 Å². The Morgan fingerprint density at radius 1 is 0.938 bits per heavy atom. The smallest absolute Gasteiger partial charge is 0.185 e. The number of aromatic nitrogens is 2. The minimum absolute atomic E-state index is 0.0872. The standard InChI is InChI=1S/C25H20ClN3O3/c1-31-23-13-20-21(14-24(23)32-2)27-15-28-25(20)29-19-10-6-17(7-11-19)22(30)12-5-16-3-8-18(26)9-4-16/h3-15H,1-2H3,(H,27,28,29)/b12-5+. The van der Waals surface area contributed by atoms with Crippen molar-refractivity contribution in [3.63, 3.8) is 0 Å². The molecule has 0 saturated heterocycles. The van der Waals surface area contributed by atoms with Gasteiger partial charge in [0.1, 0.15) is 12.1 Å². The first-order valence-electron chi connectivity index (χ1n) is 9.79. The van der Waals surface area contributed by atoms with Crippen molar-refractivity contribution in [2.75, 3.05) is 19.5 Å². The summed E-state index contributed by atoms with van der Waals surface area (Å²) in [6, 6.07) is 18.1. The SMILES string of the molecule is COc1cc2ncnc(Nc3ccc(C(=O)/C=C/c4ccc(Cl)cc4)cc3)c2cc1OC. The highest BCUT2D eigenvalue weighted by Crippen LogP contribution is 2.34. The number of hydrogen-bond acceptors (Lipinski definition) is 6. The van der Waals surface area contributed by atoms with Crippen LogP contribution in [-0.2, 0) is 0 Å². The molecule has 1 N–H and O–H groups in total. The minimum Gasteiger partial charge on any atom is -0.493 e. The number of fused-ring (bicyclic) bond motifs is 1. The van der Waals surface area contributed by atoms with Crippen LogP contribution in [0.3, 0.4) is 0 Å². The minimum atomic E-state index is -0.0872. The third kappa shape index (κ3) is 4.71. The highest BCUT2D eigenvalue weighted by atomic mass is 35.5. The highest BCUT2D eigenvalue weighted by molar-refractivity contribution is 6.30. The van der Waals surface area contributed by atoms with Crippen molar-refractivity contribution in [1.29, 1.82) is 0 Å². The number of carbonyl (C=O) groups excluding carboxylic acids is 1.